The van der Waals surface area contributed by atoms with Crippen LogP contribution >= 0.6 is 0 Å². The minimum absolute atomic E-state index is 0.212. The van der Waals surface area contributed by atoms with Crippen LogP contribution in [0.3, 0.4) is 0 Å². The monoisotopic (exact) mass is 278 g/mol. The van der Waals surface area contributed by atoms with Crippen LogP contribution in [-0.4, -0.2) is 37.2 Å². The molecule has 20 heavy (non-hydrogen) atoms. The van der Waals surface area contributed by atoms with Gasteiger partial charge in [0, 0.05) is 37.3 Å². The molecule has 1 heterocycles. The van der Waals surface area contributed by atoms with Crippen molar-refractivity contribution >= 4 is 0 Å². The third-order valence-electron chi connectivity index (χ3n) is 4.46. The Labute approximate surface area is 120 Å². The lowest BCUT2D eigenvalue weighted by molar-refractivity contribution is 0.110. The van der Waals surface area contributed by atoms with E-state index in [1.165, 1.54) is 20.0 Å². The van der Waals surface area contributed by atoms with E-state index in [0.29, 0.717) is 24.4 Å². The summed E-state index contributed by atoms with van der Waals surface area (Å²) >= 11 is 0. The van der Waals surface area contributed by atoms with Gasteiger partial charge in [-0.15, -0.1) is 0 Å². The van der Waals surface area contributed by atoms with Gasteiger partial charge in [-0.2, -0.15) is 0 Å². The molecule has 2 aliphatic rings. The number of benzene rings is 1. The number of rotatable bonds is 4. The molecule has 0 amide bonds. The first kappa shape index (κ1) is 13.8. The molecule has 2 unspecified atom stereocenters. The number of piperazine rings is 1. The number of hydrogen-bond acceptors (Lipinski definition) is 3. The van der Waals surface area contributed by atoms with E-state index in [9.17, 15) is 4.39 Å². The second-order valence-electron chi connectivity index (χ2n) is 6.08. The molecule has 110 valence electrons. The lowest BCUT2D eigenvalue weighted by Gasteiger charge is -2.39. The van der Waals surface area contributed by atoms with Crippen LogP contribution < -0.4 is 10.1 Å². The molecule has 3 nitrogen and oxygen atoms in total. The maximum atomic E-state index is 14.3. The van der Waals surface area contributed by atoms with Crippen LogP contribution in [0.4, 0.5) is 4.39 Å². The van der Waals surface area contributed by atoms with E-state index in [-0.39, 0.29) is 5.82 Å². The Balaban J connectivity index is 1.77. The van der Waals surface area contributed by atoms with E-state index in [0.717, 1.165) is 24.6 Å². The molecule has 4 heteroatoms. The van der Waals surface area contributed by atoms with Crippen molar-refractivity contribution in [3.05, 3.63) is 29.6 Å². The molecule has 1 N–H and O–H groups in total. The highest BCUT2D eigenvalue weighted by atomic mass is 19.1. The summed E-state index contributed by atoms with van der Waals surface area (Å²) in [6.45, 7) is 4.88. The zero-order valence-electron chi connectivity index (χ0n) is 12.2. The van der Waals surface area contributed by atoms with E-state index >= 15 is 0 Å². The smallest absolute Gasteiger partial charge is 0.169 e. The van der Waals surface area contributed by atoms with Crippen molar-refractivity contribution in [2.45, 2.75) is 38.4 Å². The third kappa shape index (κ3) is 2.81. The van der Waals surface area contributed by atoms with E-state index in [4.69, 9.17) is 4.74 Å². The zero-order chi connectivity index (χ0) is 14.1. The lowest BCUT2D eigenvalue weighted by Crippen LogP contribution is -2.55. The van der Waals surface area contributed by atoms with Crippen LogP contribution in [-0.2, 0) is 6.54 Å². The van der Waals surface area contributed by atoms with Crippen molar-refractivity contribution in [2.75, 3.05) is 20.2 Å². The van der Waals surface area contributed by atoms with Gasteiger partial charge in [-0.1, -0.05) is 12.1 Å². The quantitative estimate of drug-likeness (QED) is 0.915. The van der Waals surface area contributed by atoms with Gasteiger partial charge in [0.15, 0.2) is 11.6 Å². The van der Waals surface area contributed by atoms with Crippen LogP contribution in [0, 0.1) is 11.7 Å². The Hall–Kier alpha value is -1.13. The molecule has 0 spiro atoms. The second-order valence-corrected chi connectivity index (χ2v) is 6.08. The maximum Gasteiger partial charge on any atom is 0.169 e. The average Bonchev–Trinajstić information content (AvgIpc) is 3.26. The van der Waals surface area contributed by atoms with Crippen molar-refractivity contribution in [3.63, 3.8) is 0 Å². The highest BCUT2D eigenvalue weighted by molar-refractivity contribution is 5.31. The standard InChI is InChI=1S/C16H23FN2O/c1-11-9-19(14(8-18-11)12-6-7-12)10-13-4-3-5-15(20-2)16(13)17/h3-5,11-12,14,18H,6-10H2,1-2H3. The SMILES string of the molecule is COc1cccc(CN2CC(C)NCC2C2CC2)c1F. The molecule has 1 aromatic carbocycles. The first-order chi connectivity index (χ1) is 9.69. The van der Waals surface area contributed by atoms with Crippen molar-refractivity contribution in [3.8, 4) is 5.75 Å². The predicted molar refractivity (Wildman–Crippen MR) is 77.3 cm³/mol. The molecule has 0 aromatic heterocycles. The van der Waals surface area contributed by atoms with E-state index in [1.807, 2.05) is 12.1 Å². The van der Waals surface area contributed by atoms with Gasteiger partial charge in [0.1, 0.15) is 0 Å². The normalized spacial score (nSPS) is 27.6. The number of methoxy groups -OCH3 is 1. The number of halogens is 1. The van der Waals surface area contributed by atoms with Crippen molar-refractivity contribution in [2.24, 2.45) is 5.92 Å². The largest absolute Gasteiger partial charge is 0.494 e. The summed E-state index contributed by atoms with van der Waals surface area (Å²) in [5.41, 5.74) is 0.740. The molecular weight excluding hydrogens is 255 g/mol. The molecule has 1 aliphatic heterocycles. The minimum Gasteiger partial charge on any atom is -0.494 e. The Morgan fingerprint density at radius 1 is 1.40 bits per heavy atom. The highest BCUT2D eigenvalue weighted by Gasteiger charge is 2.38. The van der Waals surface area contributed by atoms with Crippen molar-refractivity contribution in [1.82, 2.24) is 10.2 Å². The average molecular weight is 278 g/mol. The van der Waals surface area contributed by atoms with Gasteiger partial charge in [-0.05, 0) is 31.7 Å². The summed E-state index contributed by atoms with van der Waals surface area (Å²) < 4.78 is 19.4. The number of nitrogens with one attached hydrogen (secondary N) is 1. The topological polar surface area (TPSA) is 24.5 Å². The fourth-order valence-electron chi connectivity index (χ4n) is 3.19. The molecule has 1 saturated heterocycles. The lowest BCUT2D eigenvalue weighted by atomic mass is 10.0. The molecule has 3 rings (SSSR count). The molecule has 1 aliphatic carbocycles. The summed E-state index contributed by atoms with van der Waals surface area (Å²) in [6, 6.07) is 6.44. The number of hydrogen-bond donors (Lipinski definition) is 1. The summed E-state index contributed by atoms with van der Waals surface area (Å²) in [5, 5.41) is 3.55. The van der Waals surface area contributed by atoms with Crippen molar-refractivity contribution in [1.29, 1.82) is 0 Å². The predicted octanol–water partition coefficient (Wildman–Crippen LogP) is 2.41. The molecule has 2 atom stereocenters. The minimum atomic E-state index is -0.212. The fraction of sp³-hybridized carbons (Fsp3) is 0.625. The van der Waals surface area contributed by atoms with Crippen LogP contribution in [0.25, 0.3) is 0 Å². The second kappa shape index (κ2) is 5.70. The molecule has 1 aromatic rings. The van der Waals surface area contributed by atoms with Gasteiger partial charge < -0.3 is 10.1 Å². The summed E-state index contributed by atoms with van der Waals surface area (Å²) in [5.74, 6) is 0.924. The first-order valence-electron chi connectivity index (χ1n) is 7.48. The van der Waals surface area contributed by atoms with Gasteiger partial charge >= 0.3 is 0 Å². The first-order valence-corrected chi connectivity index (χ1v) is 7.48. The molecule has 1 saturated carbocycles. The highest BCUT2D eigenvalue weighted by Crippen LogP contribution is 2.37. The Bertz CT molecular complexity index is 476. The van der Waals surface area contributed by atoms with Gasteiger partial charge in [-0.3, -0.25) is 4.90 Å². The summed E-state index contributed by atoms with van der Waals surface area (Å²) in [6.07, 6.45) is 2.63. The Morgan fingerprint density at radius 3 is 2.90 bits per heavy atom. The van der Waals surface area contributed by atoms with Gasteiger partial charge in [0.05, 0.1) is 7.11 Å². The Kier molecular flexibility index (Phi) is 3.94. The zero-order valence-corrected chi connectivity index (χ0v) is 12.2. The summed E-state index contributed by atoms with van der Waals surface area (Å²) in [4.78, 5) is 2.44. The van der Waals surface area contributed by atoms with E-state index < -0.39 is 0 Å². The van der Waals surface area contributed by atoms with Gasteiger partial charge in [-0.25, -0.2) is 4.39 Å². The fourth-order valence-corrected chi connectivity index (χ4v) is 3.19. The Morgan fingerprint density at radius 2 is 2.20 bits per heavy atom. The van der Waals surface area contributed by atoms with E-state index in [1.54, 1.807) is 6.07 Å². The molecule has 2 fully saturated rings. The molecular formula is C16H23FN2O. The molecule has 0 radical (unpaired) electrons. The van der Waals surface area contributed by atoms with Crippen LogP contribution in [0.1, 0.15) is 25.3 Å². The molecule has 0 bridgehead atoms. The maximum absolute atomic E-state index is 14.3. The van der Waals surface area contributed by atoms with Gasteiger partial charge in [0.2, 0.25) is 0 Å². The van der Waals surface area contributed by atoms with Crippen LogP contribution in [0.2, 0.25) is 0 Å². The van der Waals surface area contributed by atoms with Crippen LogP contribution in [0.5, 0.6) is 5.75 Å². The van der Waals surface area contributed by atoms with Crippen molar-refractivity contribution < 1.29 is 9.13 Å². The summed E-state index contributed by atoms with van der Waals surface area (Å²) in [7, 11) is 1.52. The van der Waals surface area contributed by atoms with E-state index in [2.05, 4.69) is 17.1 Å². The number of ether oxygens (including phenoxy) is 1. The van der Waals surface area contributed by atoms with Gasteiger partial charge in [0.25, 0.3) is 0 Å². The van der Waals surface area contributed by atoms with Crippen LogP contribution in [0.15, 0.2) is 18.2 Å². The number of nitrogens with zero attached hydrogens (tertiary/aromatic N) is 1. The third-order valence-corrected chi connectivity index (χ3v) is 4.46.